The van der Waals surface area contributed by atoms with Gasteiger partial charge in [-0.25, -0.2) is 0 Å². The summed E-state index contributed by atoms with van der Waals surface area (Å²) in [6.07, 6.45) is -6.25. The summed E-state index contributed by atoms with van der Waals surface area (Å²) >= 11 is 0. The Morgan fingerprint density at radius 1 is 1.20 bits per heavy atom. The van der Waals surface area contributed by atoms with E-state index in [0.717, 1.165) is 5.56 Å². The molecule has 0 aliphatic heterocycles. The lowest BCUT2D eigenvalue weighted by Gasteiger charge is -2.14. The van der Waals surface area contributed by atoms with Crippen LogP contribution in [0.3, 0.4) is 0 Å². The lowest BCUT2D eigenvalue weighted by Crippen LogP contribution is -2.30. The van der Waals surface area contributed by atoms with Crippen LogP contribution in [0.4, 0.5) is 13.2 Å². The summed E-state index contributed by atoms with van der Waals surface area (Å²) in [5, 5.41) is 9.03. The molecule has 1 aliphatic carbocycles. The van der Waals surface area contributed by atoms with Gasteiger partial charge in [0.1, 0.15) is 0 Å². The minimum Gasteiger partial charge on any atom is -0.383 e. The topological polar surface area (TPSA) is 20.2 Å². The summed E-state index contributed by atoms with van der Waals surface area (Å²) in [4.78, 5) is 0. The third-order valence-corrected chi connectivity index (χ3v) is 2.81. The van der Waals surface area contributed by atoms with Gasteiger partial charge >= 0.3 is 6.18 Å². The minimum absolute atomic E-state index is 0.136. The Balaban J connectivity index is 2.03. The Labute approximate surface area is 85.5 Å². The van der Waals surface area contributed by atoms with E-state index in [4.69, 9.17) is 5.11 Å². The maximum Gasteiger partial charge on any atom is 0.414 e. The molecule has 0 spiro atoms. The third-order valence-electron chi connectivity index (χ3n) is 2.81. The largest absolute Gasteiger partial charge is 0.414 e. The van der Waals surface area contributed by atoms with Crippen LogP contribution in [-0.4, -0.2) is 17.4 Å². The van der Waals surface area contributed by atoms with Crippen LogP contribution in [0.2, 0.25) is 0 Å². The van der Waals surface area contributed by atoms with Gasteiger partial charge in [-0.2, -0.15) is 13.2 Å². The van der Waals surface area contributed by atoms with E-state index in [2.05, 4.69) is 0 Å². The molecule has 0 amide bonds. The van der Waals surface area contributed by atoms with Crippen LogP contribution in [0, 0.1) is 5.92 Å². The van der Waals surface area contributed by atoms with Gasteiger partial charge in [-0.3, -0.25) is 0 Å². The Bertz CT molecular complexity index is 333. The summed E-state index contributed by atoms with van der Waals surface area (Å²) in [5.41, 5.74) is 0.880. The first-order valence-corrected chi connectivity index (χ1v) is 4.80. The van der Waals surface area contributed by atoms with E-state index in [9.17, 15) is 13.2 Å². The third kappa shape index (κ3) is 2.15. The molecule has 0 radical (unpaired) electrons. The zero-order valence-electron chi connectivity index (χ0n) is 7.91. The van der Waals surface area contributed by atoms with Gasteiger partial charge in [0.2, 0.25) is 0 Å². The molecule has 1 N–H and O–H groups in total. The van der Waals surface area contributed by atoms with Gasteiger partial charge < -0.3 is 5.11 Å². The first kappa shape index (κ1) is 10.5. The predicted molar refractivity (Wildman–Crippen MR) is 49.4 cm³/mol. The second-order valence-electron chi connectivity index (χ2n) is 3.90. The molecule has 0 aromatic heterocycles. The number of hydrogen-bond donors (Lipinski definition) is 1. The molecule has 4 heteroatoms. The van der Waals surface area contributed by atoms with Crippen molar-refractivity contribution in [2.45, 2.75) is 24.6 Å². The van der Waals surface area contributed by atoms with Crippen LogP contribution in [0.25, 0.3) is 0 Å². The van der Waals surface area contributed by atoms with Gasteiger partial charge in [-0.15, -0.1) is 0 Å². The van der Waals surface area contributed by atoms with E-state index >= 15 is 0 Å². The molecule has 3 atom stereocenters. The highest BCUT2D eigenvalue weighted by Crippen LogP contribution is 2.52. The van der Waals surface area contributed by atoms with Crippen LogP contribution in [0.15, 0.2) is 30.3 Å². The molecule has 1 nitrogen and oxygen atoms in total. The van der Waals surface area contributed by atoms with Crippen LogP contribution < -0.4 is 0 Å². The van der Waals surface area contributed by atoms with Crippen molar-refractivity contribution in [1.29, 1.82) is 0 Å². The van der Waals surface area contributed by atoms with E-state index in [1.54, 1.807) is 24.3 Å². The van der Waals surface area contributed by atoms with Crippen molar-refractivity contribution < 1.29 is 18.3 Å². The number of benzene rings is 1. The van der Waals surface area contributed by atoms with Gasteiger partial charge in [-0.05, 0) is 17.9 Å². The number of aliphatic hydroxyl groups excluding tert-OH is 1. The Morgan fingerprint density at radius 2 is 1.80 bits per heavy atom. The van der Waals surface area contributed by atoms with Crippen molar-refractivity contribution in [3.05, 3.63) is 35.9 Å². The minimum atomic E-state index is -4.49. The van der Waals surface area contributed by atoms with E-state index in [0.29, 0.717) is 6.42 Å². The fraction of sp³-hybridized carbons (Fsp3) is 0.455. The number of hydrogen-bond acceptors (Lipinski definition) is 1. The SMILES string of the molecule is OC(C1CC1c1ccccc1)C(F)(F)F. The van der Waals surface area contributed by atoms with Gasteiger partial charge in [-0.1, -0.05) is 30.3 Å². The Morgan fingerprint density at radius 3 is 2.33 bits per heavy atom. The van der Waals surface area contributed by atoms with Crippen molar-refractivity contribution in [3.8, 4) is 0 Å². The lowest BCUT2D eigenvalue weighted by molar-refractivity contribution is -0.210. The molecule has 1 aromatic rings. The first-order chi connectivity index (χ1) is 7.00. The molecule has 1 saturated carbocycles. The monoisotopic (exact) mass is 216 g/mol. The van der Waals surface area contributed by atoms with Crippen molar-refractivity contribution in [3.63, 3.8) is 0 Å². The molecule has 1 aromatic carbocycles. The van der Waals surface area contributed by atoms with E-state index in [1.807, 2.05) is 6.07 Å². The van der Waals surface area contributed by atoms with Crippen molar-refractivity contribution in [2.24, 2.45) is 5.92 Å². The molecule has 0 bridgehead atoms. The maximum absolute atomic E-state index is 12.2. The van der Waals surface area contributed by atoms with Crippen molar-refractivity contribution in [1.82, 2.24) is 0 Å². The van der Waals surface area contributed by atoms with E-state index in [1.165, 1.54) is 0 Å². The highest BCUT2D eigenvalue weighted by atomic mass is 19.4. The lowest BCUT2D eigenvalue weighted by atomic mass is 10.1. The smallest absolute Gasteiger partial charge is 0.383 e. The van der Waals surface area contributed by atoms with Gasteiger partial charge in [0.25, 0.3) is 0 Å². The summed E-state index contributed by atoms with van der Waals surface area (Å²) in [5.74, 6) is -0.796. The van der Waals surface area contributed by atoms with E-state index in [-0.39, 0.29) is 5.92 Å². The Hall–Kier alpha value is -1.03. The van der Waals surface area contributed by atoms with Crippen molar-refractivity contribution in [2.75, 3.05) is 0 Å². The second kappa shape index (κ2) is 3.52. The number of aliphatic hydroxyl groups is 1. The quantitative estimate of drug-likeness (QED) is 0.805. The van der Waals surface area contributed by atoms with Crippen LogP contribution >= 0.6 is 0 Å². The normalized spacial score (nSPS) is 27.5. The van der Waals surface area contributed by atoms with Crippen LogP contribution in [-0.2, 0) is 0 Å². The number of halogens is 3. The van der Waals surface area contributed by atoms with Gasteiger partial charge in [0.15, 0.2) is 6.10 Å². The average Bonchev–Trinajstić information content (AvgIpc) is 2.96. The summed E-state index contributed by atoms with van der Waals surface area (Å²) in [6.45, 7) is 0. The average molecular weight is 216 g/mol. The summed E-state index contributed by atoms with van der Waals surface area (Å²) < 4.78 is 36.5. The first-order valence-electron chi connectivity index (χ1n) is 4.80. The summed E-state index contributed by atoms with van der Waals surface area (Å²) in [6, 6.07) is 9.01. The zero-order valence-corrected chi connectivity index (χ0v) is 7.91. The fourth-order valence-electron chi connectivity index (χ4n) is 1.89. The van der Waals surface area contributed by atoms with Gasteiger partial charge in [0, 0.05) is 5.92 Å². The fourth-order valence-corrected chi connectivity index (χ4v) is 1.89. The highest BCUT2D eigenvalue weighted by Gasteiger charge is 2.54. The summed E-state index contributed by atoms with van der Waals surface area (Å²) in [7, 11) is 0. The molecular formula is C11H11F3O. The van der Waals surface area contributed by atoms with E-state index < -0.39 is 18.2 Å². The Kier molecular flexibility index (Phi) is 2.46. The molecule has 3 unspecified atom stereocenters. The predicted octanol–water partition coefficient (Wildman–Crippen LogP) is 2.71. The molecule has 2 rings (SSSR count). The number of rotatable bonds is 2. The molecular weight excluding hydrogens is 205 g/mol. The number of alkyl halides is 3. The van der Waals surface area contributed by atoms with Crippen molar-refractivity contribution >= 4 is 0 Å². The molecule has 0 heterocycles. The molecule has 1 aliphatic rings. The molecule has 0 saturated heterocycles. The zero-order chi connectivity index (χ0) is 11.1. The molecule has 82 valence electrons. The standard InChI is InChI=1S/C11H11F3O/c12-11(13,14)10(15)9-6-8(9)7-4-2-1-3-5-7/h1-5,8-10,15H,6H2. The molecule has 1 fully saturated rings. The highest BCUT2D eigenvalue weighted by molar-refractivity contribution is 5.26. The van der Waals surface area contributed by atoms with Gasteiger partial charge in [0.05, 0.1) is 0 Å². The molecule has 15 heavy (non-hydrogen) atoms. The van der Waals surface area contributed by atoms with Crippen LogP contribution in [0.1, 0.15) is 17.9 Å². The van der Waals surface area contributed by atoms with Crippen LogP contribution in [0.5, 0.6) is 0 Å². The maximum atomic E-state index is 12.2. The second-order valence-corrected chi connectivity index (χ2v) is 3.90.